The molecule has 2 aliphatic heterocycles. The molecule has 4 heteroatoms. The van der Waals surface area contributed by atoms with Gasteiger partial charge >= 0.3 is 0 Å². The Morgan fingerprint density at radius 3 is 2.68 bits per heavy atom. The molecule has 0 aromatic heterocycles. The number of carbonyl (C=O) groups is 1. The van der Waals surface area contributed by atoms with Crippen LogP contribution < -0.4 is 5.32 Å². The minimum atomic E-state index is -0.640. The van der Waals surface area contributed by atoms with Crippen LogP contribution in [0.15, 0.2) is 0 Å². The van der Waals surface area contributed by atoms with Gasteiger partial charge in [0.05, 0.1) is 6.61 Å². The number of carbonyl (C=O) groups excluding carboxylic acids is 1. The van der Waals surface area contributed by atoms with Gasteiger partial charge in [-0.1, -0.05) is 19.3 Å². The molecule has 1 amide bonds. The number of nitrogens with zero attached hydrogens (tertiary/aromatic N) is 1. The molecule has 1 N–H and O–H groups in total. The van der Waals surface area contributed by atoms with Gasteiger partial charge in [-0.15, -0.1) is 0 Å². The van der Waals surface area contributed by atoms with Crippen LogP contribution in [0.2, 0.25) is 0 Å². The van der Waals surface area contributed by atoms with Crippen LogP contribution >= 0.6 is 0 Å². The fourth-order valence-electron chi connectivity index (χ4n) is 4.02. The number of hydrogen-bond acceptors (Lipinski definition) is 3. The Hall–Kier alpha value is -0.610. The zero-order valence-electron chi connectivity index (χ0n) is 12.0. The summed E-state index contributed by atoms with van der Waals surface area (Å²) in [5.41, 5.74) is -0.204. The van der Waals surface area contributed by atoms with Gasteiger partial charge in [0.1, 0.15) is 0 Å². The highest BCUT2D eigenvalue weighted by molar-refractivity contribution is 5.85. The number of hydrogen-bond donors (Lipinski definition) is 1. The Kier molecular flexibility index (Phi) is 3.56. The molecular weight excluding hydrogens is 240 g/mol. The van der Waals surface area contributed by atoms with Crippen LogP contribution in [-0.4, -0.2) is 49.2 Å². The molecule has 108 valence electrons. The summed E-state index contributed by atoms with van der Waals surface area (Å²) in [7, 11) is 0. The third-order valence-corrected chi connectivity index (χ3v) is 5.25. The van der Waals surface area contributed by atoms with Gasteiger partial charge in [0, 0.05) is 26.2 Å². The molecule has 2 heterocycles. The Morgan fingerprint density at radius 1 is 1.21 bits per heavy atom. The van der Waals surface area contributed by atoms with Crippen molar-refractivity contribution < 1.29 is 9.53 Å². The molecule has 0 unspecified atom stereocenters. The highest BCUT2D eigenvalue weighted by Gasteiger charge is 2.46. The predicted molar refractivity (Wildman–Crippen MR) is 73.9 cm³/mol. The lowest BCUT2D eigenvalue weighted by molar-refractivity contribution is -0.158. The third-order valence-electron chi connectivity index (χ3n) is 5.25. The van der Waals surface area contributed by atoms with Crippen molar-refractivity contribution in [2.24, 2.45) is 5.41 Å². The molecule has 19 heavy (non-hydrogen) atoms. The average Bonchev–Trinajstić information content (AvgIpc) is 2.83. The molecule has 0 aromatic carbocycles. The molecule has 4 nitrogen and oxygen atoms in total. The molecule has 1 spiro atoms. The lowest BCUT2D eigenvalue weighted by atomic mass is 9.73. The lowest BCUT2D eigenvalue weighted by Gasteiger charge is -2.37. The van der Waals surface area contributed by atoms with Crippen LogP contribution in [0.3, 0.4) is 0 Å². The van der Waals surface area contributed by atoms with Crippen molar-refractivity contribution >= 4 is 5.91 Å². The normalized spacial score (nSPS) is 34.7. The van der Waals surface area contributed by atoms with Crippen LogP contribution in [0.4, 0.5) is 0 Å². The average molecular weight is 266 g/mol. The first-order valence-electron chi connectivity index (χ1n) is 7.78. The fourth-order valence-corrected chi connectivity index (χ4v) is 4.02. The molecule has 1 atom stereocenters. The van der Waals surface area contributed by atoms with Gasteiger partial charge in [-0.25, -0.2) is 0 Å². The zero-order valence-corrected chi connectivity index (χ0v) is 12.0. The van der Waals surface area contributed by atoms with E-state index >= 15 is 0 Å². The topological polar surface area (TPSA) is 41.6 Å². The van der Waals surface area contributed by atoms with Crippen molar-refractivity contribution in [3.63, 3.8) is 0 Å². The summed E-state index contributed by atoms with van der Waals surface area (Å²) in [4.78, 5) is 14.8. The molecule has 1 saturated carbocycles. The van der Waals surface area contributed by atoms with E-state index in [1.54, 1.807) is 0 Å². The lowest BCUT2D eigenvalue weighted by Crippen LogP contribution is -2.57. The standard InChI is InChI=1S/C15H26N2O2/c1-14(11-16-8-10-19-14)13(18)17-9-7-15(12-17)5-3-2-4-6-15/h16H,2-12H2,1H3/t14-/m0/s1. The zero-order chi connectivity index (χ0) is 13.3. The van der Waals surface area contributed by atoms with E-state index in [1.807, 2.05) is 6.92 Å². The smallest absolute Gasteiger partial charge is 0.255 e. The van der Waals surface area contributed by atoms with E-state index in [9.17, 15) is 4.79 Å². The Labute approximate surface area is 115 Å². The third kappa shape index (κ3) is 2.52. The van der Waals surface area contributed by atoms with Gasteiger partial charge in [0.15, 0.2) is 5.60 Å². The Morgan fingerprint density at radius 2 is 2.00 bits per heavy atom. The molecule has 0 aromatic rings. The Balaban J connectivity index is 1.65. The maximum atomic E-state index is 12.7. The second-order valence-electron chi connectivity index (χ2n) is 6.79. The minimum Gasteiger partial charge on any atom is -0.363 e. The van der Waals surface area contributed by atoms with Crippen LogP contribution in [0, 0.1) is 5.41 Å². The highest BCUT2D eigenvalue weighted by Crippen LogP contribution is 2.44. The summed E-state index contributed by atoms with van der Waals surface area (Å²) < 4.78 is 5.76. The van der Waals surface area contributed by atoms with E-state index in [2.05, 4.69) is 10.2 Å². The second kappa shape index (κ2) is 5.06. The van der Waals surface area contributed by atoms with Crippen molar-refractivity contribution in [3.05, 3.63) is 0 Å². The van der Waals surface area contributed by atoms with Crippen molar-refractivity contribution in [3.8, 4) is 0 Å². The summed E-state index contributed by atoms with van der Waals surface area (Å²) in [6.07, 6.45) is 7.89. The molecular formula is C15H26N2O2. The summed E-state index contributed by atoms with van der Waals surface area (Å²) in [6, 6.07) is 0. The van der Waals surface area contributed by atoms with Gasteiger partial charge in [-0.05, 0) is 31.6 Å². The Bertz CT molecular complexity index is 344. The molecule has 0 radical (unpaired) electrons. The van der Waals surface area contributed by atoms with Crippen LogP contribution in [0.1, 0.15) is 45.4 Å². The van der Waals surface area contributed by atoms with E-state index in [4.69, 9.17) is 4.74 Å². The summed E-state index contributed by atoms with van der Waals surface area (Å²) in [5, 5.41) is 3.28. The summed E-state index contributed by atoms with van der Waals surface area (Å²) in [5.74, 6) is 0.196. The van der Waals surface area contributed by atoms with Crippen molar-refractivity contribution in [1.29, 1.82) is 0 Å². The van der Waals surface area contributed by atoms with E-state index < -0.39 is 5.60 Å². The monoisotopic (exact) mass is 266 g/mol. The molecule has 3 rings (SSSR count). The van der Waals surface area contributed by atoms with Gasteiger partial charge in [-0.3, -0.25) is 4.79 Å². The minimum absolute atomic E-state index is 0.196. The van der Waals surface area contributed by atoms with E-state index in [0.717, 1.165) is 19.6 Å². The van der Waals surface area contributed by atoms with E-state index in [-0.39, 0.29) is 5.91 Å². The molecule has 3 fully saturated rings. The SMILES string of the molecule is C[C@@]1(C(=O)N2CCC3(CCCCC3)C2)CNCCO1. The number of ether oxygens (including phenoxy) is 1. The maximum Gasteiger partial charge on any atom is 0.255 e. The summed E-state index contributed by atoms with van der Waals surface area (Å²) in [6.45, 7) is 5.97. The largest absolute Gasteiger partial charge is 0.363 e. The fraction of sp³-hybridized carbons (Fsp3) is 0.933. The van der Waals surface area contributed by atoms with Gasteiger partial charge in [0.25, 0.3) is 5.91 Å². The first-order chi connectivity index (χ1) is 9.14. The first-order valence-corrected chi connectivity index (χ1v) is 7.78. The molecule has 2 saturated heterocycles. The molecule has 3 aliphatic rings. The number of morpholine rings is 1. The van der Waals surface area contributed by atoms with Crippen LogP contribution in [-0.2, 0) is 9.53 Å². The van der Waals surface area contributed by atoms with Gasteiger partial charge in [-0.2, -0.15) is 0 Å². The number of likely N-dealkylation sites (tertiary alicyclic amines) is 1. The predicted octanol–water partition coefficient (Wildman–Crippen LogP) is 1.55. The maximum absolute atomic E-state index is 12.7. The highest BCUT2D eigenvalue weighted by atomic mass is 16.5. The summed E-state index contributed by atoms with van der Waals surface area (Å²) >= 11 is 0. The van der Waals surface area contributed by atoms with E-state index in [1.165, 1.54) is 38.5 Å². The van der Waals surface area contributed by atoms with Crippen LogP contribution in [0.25, 0.3) is 0 Å². The van der Waals surface area contributed by atoms with Gasteiger partial charge < -0.3 is 15.0 Å². The number of nitrogens with one attached hydrogen (secondary N) is 1. The quantitative estimate of drug-likeness (QED) is 0.783. The molecule has 0 bridgehead atoms. The first kappa shape index (κ1) is 13.4. The van der Waals surface area contributed by atoms with Crippen molar-refractivity contribution in [2.75, 3.05) is 32.8 Å². The van der Waals surface area contributed by atoms with Crippen LogP contribution in [0.5, 0.6) is 0 Å². The van der Waals surface area contributed by atoms with Gasteiger partial charge in [0.2, 0.25) is 0 Å². The number of rotatable bonds is 1. The second-order valence-corrected chi connectivity index (χ2v) is 6.79. The van der Waals surface area contributed by atoms with Crippen molar-refractivity contribution in [1.82, 2.24) is 10.2 Å². The van der Waals surface area contributed by atoms with Crippen molar-refractivity contribution in [2.45, 2.75) is 51.0 Å². The molecule has 1 aliphatic carbocycles. The van der Waals surface area contributed by atoms with E-state index in [0.29, 0.717) is 18.6 Å². The number of amides is 1.